The summed E-state index contributed by atoms with van der Waals surface area (Å²) in [6.45, 7) is 5.82. The molecule has 2 heterocycles. The molecule has 3 rings (SSSR count). The lowest BCUT2D eigenvalue weighted by Gasteiger charge is -2.40. The van der Waals surface area contributed by atoms with E-state index in [0.29, 0.717) is 5.56 Å². The summed E-state index contributed by atoms with van der Waals surface area (Å²) < 4.78 is 5.61. The van der Waals surface area contributed by atoms with Gasteiger partial charge in [0.1, 0.15) is 5.56 Å². The number of piperidine rings is 1. The summed E-state index contributed by atoms with van der Waals surface area (Å²) in [5.74, 6) is 2.59. The number of nitrogens with zero attached hydrogens (tertiary/aromatic N) is 1. The minimum Gasteiger partial charge on any atom is -0.378 e. The van der Waals surface area contributed by atoms with Crippen molar-refractivity contribution in [1.29, 1.82) is 0 Å². The Labute approximate surface area is 136 Å². The van der Waals surface area contributed by atoms with Gasteiger partial charge in [-0.15, -0.1) is 6.42 Å². The monoisotopic (exact) mass is 310 g/mol. The molecule has 4 heteroatoms. The Morgan fingerprint density at radius 1 is 1.35 bits per heavy atom. The van der Waals surface area contributed by atoms with Crippen molar-refractivity contribution in [3.05, 3.63) is 39.7 Å². The van der Waals surface area contributed by atoms with Crippen LogP contribution in [0.25, 0.3) is 10.9 Å². The van der Waals surface area contributed by atoms with Crippen LogP contribution in [0.15, 0.2) is 23.0 Å². The molecule has 4 nitrogen and oxygen atoms in total. The Kier molecular flexibility index (Phi) is 3.91. The average Bonchev–Trinajstić information content (AvgIpc) is 2.55. The number of benzene rings is 1. The number of aryl methyl sites for hydroxylation is 1. The standard InChI is InChI=1S/C19H22N2O2/c1-5-14-17(21-10-8-19(3,23-4)9-11-21)15-12-13(2)6-7-16(15)20-18(14)22/h1,6-7,12H,8-11H2,2-4H3,(H,20,22). The first-order valence-corrected chi connectivity index (χ1v) is 7.91. The van der Waals surface area contributed by atoms with Gasteiger partial charge in [-0.05, 0) is 38.8 Å². The molecule has 0 spiro atoms. The van der Waals surface area contributed by atoms with Crippen LogP contribution in [-0.2, 0) is 4.74 Å². The highest BCUT2D eigenvalue weighted by atomic mass is 16.5. The number of H-pyrrole nitrogens is 1. The van der Waals surface area contributed by atoms with E-state index >= 15 is 0 Å². The van der Waals surface area contributed by atoms with Crippen LogP contribution in [0.1, 0.15) is 30.9 Å². The molecule has 0 saturated carbocycles. The normalized spacial score (nSPS) is 17.2. The third-order valence-electron chi connectivity index (χ3n) is 4.92. The molecule has 1 aliphatic rings. The van der Waals surface area contributed by atoms with E-state index in [-0.39, 0.29) is 11.2 Å². The van der Waals surface area contributed by atoms with Crippen molar-refractivity contribution in [3.63, 3.8) is 0 Å². The number of fused-ring (bicyclic) bond motifs is 1. The van der Waals surface area contributed by atoms with E-state index in [9.17, 15) is 4.79 Å². The number of hydrogen-bond donors (Lipinski definition) is 1. The molecule has 0 amide bonds. The zero-order valence-corrected chi connectivity index (χ0v) is 13.9. The van der Waals surface area contributed by atoms with Gasteiger partial charge < -0.3 is 14.6 Å². The van der Waals surface area contributed by atoms with Crippen LogP contribution < -0.4 is 10.5 Å². The Balaban J connectivity index is 2.14. The summed E-state index contributed by atoms with van der Waals surface area (Å²) in [6.07, 6.45) is 7.47. The highest BCUT2D eigenvalue weighted by Crippen LogP contribution is 2.33. The summed E-state index contributed by atoms with van der Waals surface area (Å²) >= 11 is 0. The second kappa shape index (κ2) is 5.75. The van der Waals surface area contributed by atoms with Gasteiger partial charge in [-0.25, -0.2) is 0 Å². The number of methoxy groups -OCH3 is 1. The van der Waals surface area contributed by atoms with Gasteiger partial charge in [-0.1, -0.05) is 17.6 Å². The molecule has 1 N–H and O–H groups in total. The molecular formula is C19H22N2O2. The average molecular weight is 310 g/mol. The lowest BCUT2D eigenvalue weighted by atomic mass is 9.92. The molecule has 1 fully saturated rings. The van der Waals surface area contributed by atoms with Crippen LogP contribution in [0.4, 0.5) is 5.69 Å². The van der Waals surface area contributed by atoms with Gasteiger partial charge in [0.25, 0.3) is 5.56 Å². The maximum Gasteiger partial charge on any atom is 0.266 e. The van der Waals surface area contributed by atoms with Crippen molar-refractivity contribution in [3.8, 4) is 12.3 Å². The minimum atomic E-state index is -0.195. The summed E-state index contributed by atoms with van der Waals surface area (Å²) in [5.41, 5.74) is 2.98. The Morgan fingerprint density at radius 3 is 2.65 bits per heavy atom. The molecule has 1 aromatic heterocycles. The predicted molar refractivity (Wildman–Crippen MR) is 94.1 cm³/mol. The molecule has 1 aromatic carbocycles. The van der Waals surface area contributed by atoms with E-state index < -0.39 is 0 Å². The van der Waals surface area contributed by atoms with E-state index in [1.54, 1.807) is 7.11 Å². The Bertz CT molecular complexity index is 837. The van der Waals surface area contributed by atoms with Gasteiger partial charge in [-0.2, -0.15) is 0 Å². The van der Waals surface area contributed by atoms with E-state index in [4.69, 9.17) is 11.2 Å². The highest BCUT2D eigenvalue weighted by Gasteiger charge is 2.31. The molecule has 120 valence electrons. The molecule has 0 aliphatic carbocycles. The summed E-state index contributed by atoms with van der Waals surface area (Å²) in [5, 5.41) is 1.01. The number of rotatable bonds is 2. The third-order valence-corrected chi connectivity index (χ3v) is 4.92. The Hall–Kier alpha value is -2.25. The molecular weight excluding hydrogens is 288 g/mol. The van der Waals surface area contributed by atoms with E-state index in [0.717, 1.165) is 48.1 Å². The third kappa shape index (κ3) is 2.73. The Morgan fingerprint density at radius 2 is 2.04 bits per heavy atom. The van der Waals surface area contributed by atoms with Crippen LogP contribution in [0.2, 0.25) is 0 Å². The van der Waals surface area contributed by atoms with Gasteiger partial charge in [-0.3, -0.25) is 4.79 Å². The maximum absolute atomic E-state index is 12.3. The van der Waals surface area contributed by atoms with Gasteiger partial charge in [0.05, 0.1) is 16.8 Å². The van der Waals surface area contributed by atoms with Crippen LogP contribution in [0.3, 0.4) is 0 Å². The predicted octanol–water partition coefficient (Wildman–Crippen LogP) is 2.82. The van der Waals surface area contributed by atoms with Crippen LogP contribution in [0, 0.1) is 19.3 Å². The van der Waals surface area contributed by atoms with Crippen molar-refractivity contribution in [2.75, 3.05) is 25.1 Å². The molecule has 0 bridgehead atoms. The van der Waals surface area contributed by atoms with Crippen molar-refractivity contribution in [1.82, 2.24) is 4.98 Å². The number of terminal acetylenes is 1. The fraction of sp³-hybridized carbons (Fsp3) is 0.421. The molecule has 23 heavy (non-hydrogen) atoms. The second-order valence-corrected chi connectivity index (χ2v) is 6.51. The number of aromatic amines is 1. The molecule has 0 radical (unpaired) electrons. The topological polar surface area (TPSA) is 45.3 Å². The molecule has 2 aromatic rings. The van der Waals surface area contributed by atoms with Gasteiger partial charge in [0.15, 0.2) is 0 Å². The zero-order valence-electron chi connectivity index (χ0n) is 13.9. The largest absolute Gasteiger partial charge is 0.378 e. The maximum atomic E-state index is 12.3. The second-order valence-electron chi connectivity index (χ2n) is 6.51. The molecule has 0 atom stereocenters. The van der Waals surface area contributed by atoms with Gasteiger partial charge in [0, 0.05) is 25.6 Å². The summed E-state index contributed by atoms with van der Waals surface area (Å²) in [6, 6.07) is 6.03. The highest BCUT2D eigenvalue weighted by molar-refractivity contribution is 5.95. The van der Waals surface area contributed by atoms with Crippen molar-refractivity contribution < 1.29 is 4.74 Å². The number of ether oxygens (including phenoxy) is 1. The van der Waals surface area contributed by atoms with Crippen molar-refractivity contribution >= 4 is 16.6 Å². The van der Waals surface area contributed by atoms with Crippen molar-refractivity contribution in [2.24, 2.45) is 0 Å². The molecule has 1 aliphatic heterocycles. The number of hydrogen-bond acceptors (Lipinski definition) is 3. The van der Waals surface area contributed by atoms with Crippen LogP contribution in [0.5, 0.6) is 0 Å². The van der Waals surface area contributed by atoms with E-state index in [1.165, 1.54) is 0 Å². The molecule has 0 unspecified atom stereocenters. The first-order valence-electron chi connectivity index (χ1n) is 7.91. The fourth-order valence-electron chi connectivity index (χ4n) is 3.26. The van der Waals surface area contributed by atoms with Gasteiger partial charge in [0.2, 0.25) is 0 Å². The number of anilines is 1. The summed E-state index contributed by atoms with van der Waals surface area (Å²) in [7, 11) is 1.76. The van der Waals surface area contributed by atoms with Gasteiger partial charge >= 0.3 is 0 Å². The number of pyridine rings is 1. The first-order chi connectivity index (χ1) is 11.0. The fourth-order valence-corrected chi connectivity index (χ4v) is 3.26. The van der Waals surface area contributed by atoms with E-state index in [2.05, 4.69) is 28.8 Å². The molecule has 1 saturated heterocycles. The lowest BCUT2D eigenvalue weighted by Crippen LogP contribution is -2.44. The quantitative estimate of drug-likeness (QED) is 0.868. The SMILES string of the molecule is C#Cc1c(N2CCC(C)(OC)CC2)c2cc(C)ccc2[nH]c1=O. The first kappa shape index (κ1) is 15.6. The zero-order chi connectivity index (χ0) is 16.6. The minimum absolute atomic E-state index is 0.0975. The van der Waals surface area contributed by atoms with E-state index in [1.807, 2.05) is 19.1 Å². The number of aromatic nitrogens is 1. The lowest BCUT2D eigenvalue weighted by molar-refractivity contribution is -0.0132. The van der Waals surface area contributed by atoms with Crippen LogP contribution >= 0.6 is 0 Å². The number of nitrogens with one attached hydrogen (secondary N) is 1. The van der Waals surface area contributed by atoms with Crippen LogP contribution in [-0.4, -0.2) is 30.8 Å². The smallest absolute Gasteiger partial charge is 0.266 e. The summed E-state index contributed by atoms with van der Waals surface area (Å²) in [4.78, 5) is 17.5. The van der Waals surface area contributed by atoms with Crippen molar-refractivity contribution in [2.45, 2.75) is 32.3 Å².